The quantitative estimate of drug-likeness (QED) is 0.216. The molecule has 3 aromatic rings. The lowest BCUT2D eigenvalue weighted by molar-refractivity contribution is -0.138. The molecule has 1 unspecified atom stereocenters. The fourth-order valence-corrected chi connectivity index (χ4v) is 5.49. The number of alkyl halides is 4. The van der Waals surface area contributed by atoms with Crippen LogP contribution >= 0.6 is 0 Å². The summed E-state index contributed by atoms with van der Waals surface area (Å²) in [5.41, 5.74) is 3.42. The number of aryl methyl sites for hydroxylation is 1. The minimum absolute atomic E-state index is 0.0471. The van der Waals surface area contributed by atoms with Crippen molar-refractivity contribution in [1.29, 1.82) is 0 Å². The van der Waals surface area contributed by atoms with Crippen molar-refractivity contribution in [1.82, 2.24) is 14.5 Å². The lowest BCUT2D eigenvalue weighted by Gasteiger charge is -2.36. The first-order valence-electron chi connectivity index (χ1n) is 13.3. The Bertz CT molecular complexity index is 1370. The molecule has 0 radical (unpaired) electrons. The molecule has 218 valence electrons. The molecule has 1 aliphatic heterocycles. The van der Waals surface area contributed by atoms with Gasteiger partial charge < -0.3 is 18.5 Å². The summed E-state index contributed by atoms with van der Waals surface area (Å²) in [5.74, 6) is 0.121. The Labute approximate surface area is 233 Å². The molecule has 0 spiro atoms. The van der Waals surface area contributed by atoms with Crippen LogP contribution in [0.25, 0.3) is 22.6 Å². The molecule has 0 bridgehead atoms. The Morgan fingerprint density at radius 3 is 2.42 bits per heavy atom. The molecule has 6 nitrogen and oxygen atoms in total. The third-order valence-corrected chi connectivity index (χ3v) is 12.2. The molecule has 40 heavy (non-hydrogen) atoms. The van der Waals surface area contributed by atoms with Gasteiger partial charge in [0.05, 0.1) is 43.8 Å². The van der Waals surface area contributed by atoms with Crippen molar-refractivity contribution in [2.75, 3.05) is 20.4 Å². The van der Waals surface area contributed by atoms with E-state index < -0.39 is 32.8 Å². The maximum atomic E-state index is 13.8. The fourth-order valence-electron chi connectivity index (χ4n) is 4.54. The Morgan fingerprint density at radius 1 is 1.07 bits per heavy atom. The summed E-state index contributed by atoms with van der Waals surface area (Å²) in [7, 11) is -0.814. The number of nitrogens with zero attached hydrogens (tertiary/aromatic N) is 3. The molecule has 0 saturated heterocycles. The lowest BCUT2D eigenvalue weighted by atomic mass is 10.1. The number of ether oxygens (including phenoxy) is 2. The molecule has 1 atom stereocenters. The second-order valence-electron chi connectivity index (χ2n) is 11.7. The van der Waals surface area contributed by atoms with Gasteiger partial charge in [0, 0.05) is 28.9 Å². The van der Waals surface area contributed by atoms with Crippen molar-refractivity contribution in [3.05, 3.63) is 53.0 Å². The minimum atomic E-state index is -4.57. The molecule has 0 amide bonds. The van der Waals surface area contributed by atoms with Crippen molar-refractivity contribution in [2.24, 2.45) is 0 Å². The number of benzene rings is 1. The molecule has 11 heteroatoms. The third kappa shape index (κ3) is 6.26. The van der Waals surface area contributed by atoms with E-state index in [9.17, 15) is 17.6 Å². The zero-order valence-electron chi connectivity index (χ0n) is 24.1. The number of halogens is 4. The van der Waals surface area contributed by atoms with Gasteiger partial charge in [-0.05, 0) is 49.3 Å². The lowest BCUT2D eigenvalue weighted by Crippen LogP contribution is -2.40. The summed E-state index contributed by atoms with van der Waals surface area (Å²) in [6, 6.07) is 7.56. The smallest absolute Gasteiger partial charge is 0.419 e. The summed E-state index contributed by atoms with van der Waals surface area (Å²) < 4.78 is 73.4. The van der Waals surface area contributed by atoms with Gasteiger partial charge in [0.25, 0.3) is 0 Å². The van der Waals surface area contributed by atoms with E-state index in [1.807, 2.05) is 23.6 Å². The molecule has 4 rings (SSSR count). The highest BCUT2D eigenvalue weighted by molar-refractivity contribution is 6.74. The van der Waals surface area contributed by atoms with Gasteiger partial charge in [0.1, 0.15) is 24.4 Å². The predicted molar refractivity (Wildman–Crippen MR) is 149 cm³/mol. The molecular weight excluding hydrogens is 542 g/mol. The number of hydrogen-bond acceptors (Lipinski definition) is 5. The monoisotopic (exact) mass is 579 g/mol. The van der Waals surface area contributed by atoms with E-state index in [0.717, 1.165) is 28.7 Å². The normalized spacial score (nSPS) is 16.5. The second kappa shape index (κ2) is 11.3. The predicted octanol–water partition coefficient (Wildman–Crippen LogP) is 7.38. The van der Waals surface area contributed by atoms with Crippen LogP contribution in [0.3, 0.4) is 0 Å². The van der Waals surface area contributed by atoms with E-state index in [-0.39, 0.29) is 17.3 Å². The summed E-state index contributed by atoms with van der Waals surface area (Å²) in [5, 5.41) is 0.0471. The van der Waals surface area contributed by atoms with E-state index >= 15 is 0 Å². The highest BCUT2D eigenvalue weighted by atomic mass is 28.4. The molecule has 2 aromatic heterocycles. The number of fused-ring (bicyclic) bond motifs is 1. The van der Waals surface area contributed by atoms with Gasteiger partial charge in [-0.3, -0.25) is 4.98 Å². The molecular formula is C29H37F4N3O3Si. The van der Waals surface area contributed by atoms with Gasteiger partial charge in [-0.1, -0.05) is 26.8 Å². The zero-order valence-corrected chi connectivity index (χ0v) is 25.1. The van der Waals surface area contributed by atoms with Crippen LogP contribution < -0.4 is 4.74 Å². The minimum Gasteiger partial charge on any atom is -0.496 e. The Morgan fingerprint density at radius 2 is 1.80 bits per heavy atom. The maximum Gasteiger partial charge on any atom is 0.419 e. The number of pyridine rings is 1. The van der Waals surface area contributed by atoms with Crippen LogP contribution in [0.5, 0.6) is 5.75 Å². The third-order valence-electron chi connectivity index (χ3n) is 7.76. The maximum absolute atomic E-state index is 13.8. The van der Waals surface area contributed by atoms with Gasteiger partial charge in [-0.15, -0.1) is 0 Å². The molecule has 0 saturated carbocycles. The van der Waals surface area contributed by atoms with Gasteiger partial charge in [0.2, 0.25) is 0 Å². The van der Waals surface area contributed by atoms with E-state index in [2.05, 4.69) is 38.8 Å². The number of methoxy groups -OCH3 is 1. The number of imidazole rings is 1. The molecule has 0 N–H and O–H groups in total. The highest BCUT2D eigenvalue weighted by Crippen LogP contribution is 2.40. The van der Waals surface area contributed by atoms with Crippen LogP contribution in [0, 0.1) is 6.92 Å². The van der Waals surface area contributed by atoms with Gasteiger partial charge >= 0.3 is 6.18 Å². The number of hydrogen-bond donors (Lipinski definition) is 0. The largest absolute Gasteiger partial charge is 0.496 e. The number of aromatic nitrogens is 3. The average Bonchev–Trinajstić information content (AvgIpc) is 3.08. The first-order valence-corrected chi connectivity index (χ1v) is 16.2. The molecule has 1 aromatic carbocycles. The van der Waals surface area contributed by atoms with E-state index in [4.69, 9.17) is 18.9 Å². The zero-order chi connectivity index (χ0) is 29.5. The van der Waals surface area contributed by atoms with Crippen LogP contribution in [-0.4, -0.2) is 49.3 Å². The average molecular weight is 580 g/mol. The molecule has 0 aliphatic carbocycles. The van der Waals surface area contributed by atoms with Crippen molar-refractivity contribution < 1.29 is 31.5 Å². The first-order chi connectivity index (χ1) is 18.6. The van der Waals surface area contributed by atoms with Crippen LogP contribution in [0.1, 0.15) is 43.4 Å². The standard InChI is InChI=1S/C29H37F4N3O3Si/c1-18-12-20(13-21(34-18)17-39-40(6,7)28(2,3)4)26-24-10-11-38-22(15-30)16-36(24)27(35-26)19-8-9-23(29(31,32)33)25(14-19)37-5/h8-9,12-14,22H,10-11,15-17H2,1-7H3. The Hall–Kier alpha value is -2.76. The van der Waals surface area contributed by atoms with Crippen LogP contribution in [0.2, 0.25) is 18.1 Å². The Kier molecular flexibility index (Phi) is 8.50. The van der Waals surface area contributed by atoms with Crippen molar-refractivity contribution >= 4 is 8.32 Å². The summed E-state index contributed by atoms with van der Waals surface area (Å²) in [6.07, 6.45) is -4.79. The molecule has 1 aliphatic rings. The van der Waals surface area contributed by atoms with E-state index in [0.29, 0.717) is 36.7 Å². The van der Waals surface area contributed by atoms with Crippen molar-refractivity contribution in [3.63, 3.8) is 0 Å². The van der Waals surface area contributed by atoms with Gasteiger partial charge in [-0.25, -0.2) is 9.37 Å². The van der Waals surface area contributed by atoms with E-state index in [1.165, 1.54) is 19.2 Å². The van der Waals surface area contributed by atoms with Gasteiger partial charge in [-0.2, -0.15) is 13.2 Å². The van der Waals surface area contributed by atoms with Crippen LogP contribution in [0.4, 0.5) is 17.6 Å². The molecule has 0 fully saturated rings. The summed E-state index contributed by atoms with van der Waals surface area (Å²) in [4.78, 5) is 9.61. The number of rotatable bonds is 7. The molecule has 3 heterocycles. The fraction of sp³-hybridized carbons (Fsp3) is 0.517. The summed E-state index contributed by atoms with van der Waals surface area (Å²) >= 11 is 0. The van der Waals surface area contributed by atoms with Crippen LogP contribution in [-0.2, 0) is 34.9 Å². The van der Waals surface area contributed by atoms with Crippen molar-refractivity contribution in [3.8, 4) is 28.4 Å². The second-order valence-corrected chi connectivity index (χ2v) is 16.5. The first kappa shape index (κ1) is 30.2. The Balaban J connectivity index is 1.82. The topological polar surface area (TPSA) is 58.4 Å². The van der Waals surface area contributed by atoms with Crippen LogP contribution in [0.15, 0.2) is 30.3 Å². The van der Waals surface area contributed by atoms with E-state index in [1.54, 1.807) is 0 Å². The SMILES string of the molecule is COc1cc(-c2nc(-c3cc(C)nc(CO[Si](C)(C)C(C)(C)C)c3)c3n2CC(CF)OCC3)ccc1C(F)(F)F. The summed E-state index contributed by atoms with van der Waals surface area (Å²) in [6.45, 7) is 13.0. The van der Waals surface area contributed by atoms with Gasteiger partial charge in [0.15, 0.2) is 8.32 Å². The van der Waals surface area contributed by atoms with Crippen molar-refractivity contribution in [2.45, 2.75) is 77.7 Å². The highest BCUT2D eigenvalue weighted by Gasteiger charge is 2.37.